The second kappa shape index (κ2) is 5.53. The normalized spacial score (nSPS) is 18.9. The third-order valence-corrected chi connectivity index (χ3v) is 3.35. The van der Waals surface area contributed by atoms with E-state index in [0.717, 1.165) is 12.3 Å². The van der Waals surface area contributed by atoms with Crippen LogP contribution in [0.1, 0.15) is 59.3 Å². The van der Waals surface area contributed by atoms with Gasteiger partial charge in [-0.25, -0.2) is 0 Å². The van der Waals surface area contributed by atoms with E-state index in [0.29, 0.717) is 6.61 Å². The zero-order valence-corrected chi connectivity index (χ0v) is 10.3. The SMILES string of the molecule is CCOC(=O)C(C)(C)CC1CCCCC1. The van der Waals surface area contributed by atoms with Crippen LogP contribution in [0.2, 0.25) is 0 Å². The van der Waals surface area contributed by atoms with Crippen molar-refractivity contribution >= 4 is 5.97 Å². The van der Waals surface area contributed by atoms with Crippen molar-refractivity contribution in [1.82, 2.24) is 0 Å². The molecule has 2 heteroatoms. The summed E-state index contributed by atoms with van der Waals surface area (Å²) in [4.78, 5) is 11.7. The first kappa shape index (κ1) is 12.5. The Kier molecular flexibility index (Phi) is 4.62. The molecule has 0 bridgehead atoms. The second-order valence-electron chi connectivity index (χ2n) is 5.31. The highest BCUT2D eigenvalue weighted by Crippen LogP contribution is 2.35. The van der Waals surface area contributed by atoms with E-state index < -0.39 is 0 Å². The number of esters is 1. The lowest BCUT2D eigenvalue weighted by molar-refractivity contribution is -0.154. The fourth-order valence-corrected chi connectivity index (χ4v) is 2.52. The first-order valence-electron chi connectivity index (χ1n) is 6.23. The summed E-state index contributed by atoms with van der Waals surface area (Å²) in [7, 11) is 0. The molecule has 0 N–H and O–H groups in total. The molecule has 0 aromatic heterocycles. The van der Waals surface area contributed by atoms with E-state index >= 15 is 0 Å². The van der Waals surface area contributed by atoms with Crippen molar-refractivity contribution in [1.29, 1.82) is 0 Å². The molecular formula is C13H24O2. The van der Waals surface area contributed by atoms with Gasteiger partial charge in [0.2, 0.25) is 0 Å². The molecule has 88 valence electrons. The van der Waals surface area contributed by atoms with Gasteiger partial charge in [0.15, 0.2) is 0 Å². The largest absolute Gasteiger partial charge is 0.466 e. The number of hydrogen-bond acceptors (Lipinski definition) is 2. The Labute approximate surface area is 93.4 Å². The van der Waals surface area contributed by atoms with Gasteiger partial charge in [-0.1, -0.05) is 32.1 Å². The lowest BCUT2D eigenvalue weighted by atomic mass is 9.76. The lowest BCUT2D eigenvalue weighted by Crippen LogP contribution is -2.29. The van der Waals surface area contributed by atoms with Crippen LogP contribution in [0.4, 0.5) is 0 Å². The number of ether oxygens (including phenoxy) is 1. The van der Waals surface area contributed by atoms with E-state index in [1.807, 2.05) is 20.8 Å². The van der Waals surface area contributed by atoms with E-state index in [1.54, 1.807) is 0 Å². The molecule has 1 rings (SSSR count). The summed E-state index contributed by atoms with van der Waals surface area (Å²) in [5.74, 6) is 0.703. The van der Waals surface area contributed by atoms with Crippen LogP contribution in [0.25, 0.3) is 0 Å². The minimum atomic E-state index is -0.294. The quantitative estimate of drug-likeness (QED) is 0.666. The van der Waals surface area contributed by atoms with Crippen LogP contribution in [0.5, 0.6) is 0 Å². The van der Waals surface area contributed by atoms with Crippen LogP contribution in [-0.4, -0.2) is 12.6 Å². The van der Waals surface area contributed by atoms with E-state index in [2.05, 4.69) is 0 Å². The summed E-state index contributed by atoms with van der Waals surface area (Å²) < 4.78 is 5.11. The van der Waals surface area contributed by atoms with E-state index in [1.165, 1.54) is 32.1 Å². The first-order valence-corrected chi connectivity index (χ1v) is 6.23. The van der Waals surface area contributed by atoms with E-state index in [9.17, 15) is 4.79 Å². The first-order chi connectivity index (χ1) is 7.06. The van der Waals surface area contributed by atoms with Crippen molar-refractivity contribution in [2.75, 3.05) is 6.61 Å². The number of carbonyl (C=O) groups is 1. The van der Waals surface area contributed by atoms with Crippen LogP contribution < -0.4 is 0 Å². The summed E-state index contributed by atoms with van der Waals surface area (Å²) in [5, 5.41) is 0. The zero-order chi connectivity index (χ0) is 11.3. The number of hydrogen-bond donors (Lipinski definition) is 0. The third-order valence-electron chi connectivity index (χ3n) is 3.35. The maximum absolute atomic E-state index is 11.7. The Morgan fingerprint density at radius 2 is 1.87 bits per heavy atom. The Balaban J connectivity index is 2.42. The molecule has 0 aromatic rings. The van der Waals surface area contributed by atoms with Gasteiger partial charge in [-0.05, 0) is 33.1 Å². The maximum atomic E-state index is 11.7. The minimum Gasteiger partial charge on any atom is -0.466 e. The summed E-state index contributed by atoms with van der Waals surface area (Å²) in [6.07, 6.45) is 7.63. The van der Waals surface area contributed by atoms with Crippen LogP contribution in [0.15, 0.2) is 0 Å². The fourth-order valence-electron chi connectivity index (χ4n) is 2.52. The lowest BCUT2D eigenvalue weighted by Gasteiger charge is -2.29. The fraction of sp³-hybridized carbons (Fsp3) is 0.923. The average molecular weight is 212 g/mol. The molecule has 1 aliphatic rings. The Morgan fingerprint density at radius 1 is 1.27 bits per heavy atom. The van der Waals surface area contributed by atoms with Crippen molar-refractivity contribution in [3.05, 3.63) is 0 Å². The Bertz CT molecular complexity index is 203. The highest BCUT2D eigenvalue weighted by molar-refractivity contribution is 5.75. The van der Waals surface area contributed by atoms with Gasteiger partial charge in [0.1, 0.15) is 0 Å². The van der Waals surface area contributed by atoms with Crippen LogP contribution in [0.3, 0.4) is 0 Å². The molecule has 0 saturated heterocycles. The standard InChI is InChI=1S/C13H24O2/c1-4-15-12(14)13(2,3)10-11-8-6-5-7-9-11/h11H,4-10H2,1-3H3. The second-order valence-corrected chi connectivity index (χ2v) is 5.31. The predicted molar refractivity (Wildman–Crippen MR) is 61.6 cm³/mol. The molecule has 0 spiro atoms. The van der Waals surface area contributed by atoms with Crippen molar-refractivity contribution < 1.29 is 9.53 Å². The molecule has 1 fully saturated rings. The monoisotopic (exact) mass is 212 g/mol. The minimum absolute atomic E-state index is 0.0319. The number of carbonyl (C=O) groups excluding carboxylic acids is 1. The highest BCUT2D eigenvalue weighted by atomic mass is 16.5. The summed E-state index contributed by atoms with van der Waals surface area (Å²) >= 11 is 0. The molecule has 0 unspecified atom stereocenters. The molecule has 2 nitrogen and oxygen atoms in total. The Hall–Kier alpha value is -0.530. The van der Waals surface area contributed by atoms with Gasteiger partial charge in [0, 0.05) is 0 Å². The van der Waals surface area contributed by atoms with Crippen LogP contribution >= 0.6 is 0 Å². The van der Waals surface area contributed by atoms with Crippen LogP contribution in [-0.2, 0) is 9.53 Å². The summed E-state index contributed by atoms with van der Waals surface area (Å²) in [6.45, 7) is 6.39. The van der Waals surface area contributed by atoms with Gasteiger partial charge < -0.3 is 4.74 Å². The molecule has 1 aliphatic carbocycles. The highest BCUT2D eigenvalue weighted by Gasteiger charge is 2.32. The van der Waals surface area contributed by atoms with Crippen molar-refractivity contribution in [2.45, 2.75) is 59.3 Å². The van der Waals surface area contributed by atoms with E-state index in [4.69, 9.17) is 4.74 Å². The van der Waals surface area contributed by atoms with Crippen molar-refractivity contribution in [3.8, 4) is 0 Å². The molecule has 15 heavy (non-hydrogen) atoms. The Morgan fingerprint density at radius 3 is 2.40 bits per heavy atom. The van der Waals surface area contributed by atoms with Crippen molar-refractivity contribution in [2.24, 2.45) is 11.3 Å². The molecular weight excluding hydrogens is 188 g/mol. The molecule has 0 radical (unpaired) electrons. The summed E-state index contributed by atoms with van der Waals surface area (Å²) in [5.41, 5.74) is -0.294. The third kappa shape index (κ3) is 3.84. The average Bonchev–Trinajstić information content (AvgIpc) is 2.19. The predicted octanol–water partition coefficient (Wildman–Crippen LogP) is 3.55. The summed E-state index contributed by atoms with van der Waals surface area (Å²) in [6, 6.07) is 0. The smallest absolute Gasteiger partial charge is 0.311 e. The number of rotatable bonds is 4. The molecule has 0 amide bonds. The molecule has 0 heterocycles. The van der Waals surface area contributed by atoms with Crippen molar-refractivity contribution in [3.63, 3.8) is 0 Å². The zero-order valence-electron chi connectivity index (χ0n) is 10.3. The van der Waals surface area contributed by atoms with Gasteiger partial charge in [-0.3, -0.25) is 4.79 Å². The van der Waals surface area contributed by atoms with Gasteiger partial charge in [0.25, 0.3) is 0 Å². The van der Waals surface area contributed by atoms with Gasteiger partial charge in [-0.2, -0.15) is 0 Å². The molecule has 0 aliphatic heterocycles. The maximum Gasteiger partial charge on any atom is 0.311 e. The molecule has 1 saturated carbocycles. The topological polar surface area (TPSA) is 26.3 Å². The van der Waals surface area contributed by atoms with Gasteiger partial charge >= 0.3 is 5.97 Å². The van der Waals surface area contributed by atoms with Gasteiger partial charge in [-0.15, -0.1) is 0 Å². The van der Waals surface area contributed by atoms with Crippen LogP contribution in [0, 0.1) is 11.3 Å². The van der Waals surface area contributed by atoms with Gasteiger partial charge in [0.05, 0.1) is 12.0 Å². The van der Waals surface area contributed by atoms with E-state index in [-0.39, 0.29) is 11.4 Å². The molecule has 0 aromatic carbocycles. The molecule has 0 atom stereocenters.